The standard InChI is InChI=1S/C17H17N3O/c1-11-8-12(17(18)21)6-7-15(11)19-9-13-10-20-16-5-3-2-4-14(13)16/h2-8,10,19-20H,9H2,1H3,(H2,18,21). The number of aromatic nitrogens is 1. The molecule has 0 fully saturated rings. The molecular weight excluding hydrogens is 262 g/mol. The van der Waals surface area contributed by atoms with Crippen molar-refractivity contribution in [2.24, 2.45) is 5.73 Å². The summed E-state index contributed by atoms with van der Waals surface area (Å²) in [4.78, 5) is 14.4. The quantitative estimate of drug-likeness (QED) is 0.686. The molecule has 1 aromatic heterocycles. The van der Waals surface area contributed by atoms with Crippen molar-refractivity contribution in [2.45, 2.75) is 13.5 Å². The van der Waals surface area contributed by atoms with Crippen LogP contribution in [0.2, 0.25) is 0 Å². The first-order chi connectivity index (χ1) is 10.1. The summed E-state index contributed by atoms with van der Waals surface area (Å²) >= 11 is 0. The Morgan fingerprint density at radius 3 is 2.81 bits per heavy atom. The Morgan fingerprint density at radius 2 is 2.05 bits per heavy atom. The van der Waals surface area contributed by atoms with Gasteiger partial charge in [0.05, 0.1) is 0 Å². The number of H-pyrrole nitrogens is 1. The summed E-state index contributed by atoms with van der Waals surface area (Å²) in [6.07, 6.45) is 2.02. The number of carbonyl (C=O) groups is 1. The van der Waals surface area contributed by atoms with E-state index in [1.54, 1.807) is 12.1 Å². The van der Waals surface area contributed by atoms with Gasteiger partial charge in [-0.15, -0.1) is 0 Å². The fraction of sp³-hybridized carbons (Fsp3) is 0.118. The van der Waals surface area contributed by atoms with Crippen LogP contribution in [0.3, 0.4) is 0 Å². The summed E-state index contributed by atoms with van der Waals surface area (Å²) in [5, 5.41) is 4.62. The van der Waals surface area contributed by atoms with Crippen LogP contribution in [0.25, 0.3) is 10.9 Å². The van der Waals surface area contributed by atoms with Gasteiger partial charge >= 0.3 is 0 Å². The van der Waals surface area contributed by atoms with Crippen molar-refractivity contribution < 1.29 is 4.79 Å². The van der Waals surface area contributed by atoms with E-state index >= 15 is 0 Å². The summed E-state index contributed by atoms with van der Waals surface area (Å²) in [5.41, 5.74) is 10.2. The zero-order valence-corrected chi connectivity index (χ0v) is 11.8. The van der Waals surface area contributed by atoms with Gasteiger partial charge in [-0.1, -0.05) is 18.2 Å². The van der Waals surface area contributed by atoms with Crippen molar-refractivity contribution in [1.82, 2.24) is 4.98 Å². The number of hydrogen-bond donors (Lipinski definition) is 3. The van der Waals surface area contributed by atoms with E-state index in [1.807, 2.05) is 31.3 Å². The Bertz CT molecular complexity index is 805. The highest BCUT2D eigenvalue weighted by Gasteiger charge is 2.06. The van der Waals surface area contributed by atoms with E-state index < -0.39 is 5.91 Å². The summed E-state index contributed by atoms with van der Waals surface area (Å²) in [7, 11) is 0. The molecule has 0 saturated heterocycles. The lowest BCUT2D eigenvalue weighted by atomic mass is 10.1. The van der Waals surface area contributed by atoms with Crippen molar-refractivity contribution in [2.75, 3.05) is 5.32 Å². The molecular formula is C17H17N3O. The fourth-order valence-electron chi connectivity index (χ4n) is 2.48. The minimum absolute atomic E-state index is 0.402. The third-order valence-corrected chi connectivity index (χ3v) is 3.66. The molecule has 106 valence electrons. The predicted molar refractivity (Wildman–Crippen MR) is 85.3 cm³/mol. The highest BCUT2D eigenvalue weighted by molar-refractivity contribution is 5.93. The van der Waals surface area contributed by atoms with E-state index in [9.17, 15) is 4.79 Å². The van der Waals surface area contributed by atoms with Gasteiger partial charge in [-0.2, -0.15) is 0 Å². The molecule has 0 atom stereocenters. The molecule has 1 amide bonds. The van der Waals surface area contributed by atoms with Crippen LogP contribution in [-0.4, -0.2) is 10.9 Å². The average Bonchev–Trinajstić information content (AvgIpc) is 2.89. The van der Waals surface area contributed by atoms with Gasteiger partial charge in [0, 0.05) is 34.9 Å². The number of para-hydroxylation sites is 1. The van der Waals surface area contributed by atoms with E-state index in [-0.39, 0.29) is 0 Å². The maximum Gasteiger partial charge on any atom is 0.248 e. The molecule has 1 heterocycles. The number of rotatable bonds is 4. The number of aromatic amines is 1. The molecule has 0 aliphatic heterocycles. The first-order valence-corrected chi connectivity index (χ1v) is 6.84. The SMILES string of the molecule is Cc1cc(C(N)=O)ccc1NCc1c[nH]c2ccccc12. The third-order valence-electron chi connectivity index (χ3n) is 3.66. The number of amides is 1. The van der Waals surface area contributed by atoms with Crippen molar-refractivity contribution in [3.63, 3.8) is 0 Å². The lowest BCUT2D eigenvalue weighted by Crippen LogP contribution is -2.11. The van der Waals surface area contributed by atoms with Gasteiger partial charge in [0.15, 0.2) is 0 Å². The van der Waals surface area contributed by atoms with E-state index in [4.69, 9.17) is 5.73 Å². The summed E-state index contributed by atoms with van der Waals surface area (Å²) < 4.78 is 0. The average molecular weight is 279 g/mol. The highest BCUT2D eigenvalue weighted by Crippen LogP contribution is 2.21. The van der Waals surface area contributed by atoms with E-state index in [0.717, 1.165) is 23.3 Å². The summed E-state index contributed by atoms with van der Waals surface area (Å²) in [6.45, 7) is 2.69. The summed E-state index contributed by atoms with van der Waals surface area (Å²) in [5.74, 6) is -0.402. The molecule has 4 N–H and O–H groups in total. The number of hydrogen-bond acceptors (Lipinski definition) is 2. The third kappa shape index (κ3) is 2.60. The number of nitrogens with one attached hydrogen (secondary N) is 2. The molecule has 3 rings (SSSR count). The van der Waals surface area contributed by atoms with E-state index in [1.165, 1.54) is 10.9 Å². The molecule has 0 bridgehead atoms. The number of fused-ring (bicyclic) bond motifs is 1. The van der Waals surface area contributed by atoms with Crippen LogP contribution in [0, 0.1) is 6.92 Å². The zero-order valence-electron chi connectivity index (χ0n) is 11.8. The van der Waals surface area contributed by atoms with Gasteiger partial charge in [0.25, 0.3) is 0 Å². The minimum atomic E-state index is -0.402. The Hall–Kier alpha value is -2.75. The first kappa shape index (κ1) is 13.2. The van der Waals surface area contributed by atoms with E-state index in [0.29, 0.717) is 5.56 Å². The molecule has 0 aliphatic carbocycles. The van der Waals surface area contributed by atoms with Crippen molar-refractivity contribution in [3.8, 4) is 0 Å². The van der Waals surface area contributed by atoms with Gasteiger partial charge < -0.3 is 16.0 Å². The number of aryl methyl sites for hydroxylation is 1. The van der Waals surface area contributed by atoms with Crippen LogP contribution < -0.4 is 11.1 Å². The molecule has 4 heteroatoms. The number of nitrogens with two attached hydrogens (primary N) is 1. The lowest BCUT2D eigenvalue weighted by Gasteiger charge is -2.10. The smallest absolute Gasteiger partial charge is 0.248 e. The minimum Gasteiger partial charge on any atom is -0.381 e. The molecule has 2 aromatic carbocycles. The highest BCUT2D eigenvalue weighted by atomic mass is 16.1. The predicted octanol–water partition coefficient (Wildman–Crippen LogP) is 3.19. The van der Waals surface area contributed by atoms with Gasteiger partial charge in [0.1, 0.15) is 0 Å². The zero-order chi connectivity index (χ0) is 14.8. The second-order valence-electron chi connectivity index (χ2n) is 5.11. The molecule has 3 aromatic rings. The fourth-order valence-corrected chi connectivity index (χ4v) is 2.48. The number of carbonyl (C=O) groups excluding carboxylic acids is 1. The first-order valence-electron chi connectivity index (χ1n) is 6.84. The van der Waals surface area contributed by atoms with Gasteiger partial charge in [-0.3, -0.25) is 4.79 Å². The largest absolute Gasteiger partial charge is 0.381 e. The lowest BCUT2D eigenvalue weighted by molar-refractivity contribution is 0.1000. The molecule has 0 unspecified atom stereocenters. The number of benzene rings is 2. The Labute approximate surface area is 123 Å². The van der Waals surface area contributed by atoms with Crippen LogP contribution in [0.1, 0.15) is 21.5 Å². The van der Waals surface area contributed by atoms with Crippen LogP contribution in [-0.2, 0) is 6.54 Å². The monoisotopic (exact) mass is 279 g/mol. The van der Waals surface area contributed by atoms with Gasteiger partial charge in [-0.25, -0.2) is 0 Å². The molecule has 0 radical (unpaired) electrons. The molecule has 0 spiro atoms. The van der Waals surface area contributed by atoms with E-state index in [2.05, 4.69) is 22.4 Å². The second-order valence-corrected chi connectivity index (χ2v) is 5.11. The number of anilines is 1. The van der Waals surface area contributed by atoms with Crippen LogP contribution in [0.15, 0.2) is 48.7 Å². The topological polar surface area (TPSA) is 70.9 Å². The maximum atomic E-state index is 11.2. The van der Waals surface area contributed by atoms with Crippen molar-refractivity contribution >= 4 is 22.5 Å². The Morgan fingerprint density at radius 1 is 1.24 bits per heavy atom. The summed E-state index contributed by atoms with van der Waals surface area (Å²) in [6, 6.07) is 13.7. The normalized spacial score (nSPS) is 10.7. The molecule has 21 heavy (non-hydrogen) atoms. The molecule has 0 aliphatic rings. The Balaban J connectivity index is 1.80. The Kier molecular flexibility index (Phi) is 3.36. The second kappa shape index (κ2) is 5.32. The van der Waals surface area contributed by atoms with Crippen LogP contribution in [0.5, 0.6) is 0 Å². The molecule has 0 saturated carbocycles. The van der Waals surface area contributed by atoms with Crippen LogP contribution in [0.4, 0.5) is 5.69 Å². The van der Waals surface area contributed by atoms with Crippen molar-refractivity contribution in [3.05, 3.63) is 65.4 Å². The van der Waals surface area contributed by atoms with Crippen molar-refractivity contribution in [1.29, 1.82) is 0 Å². The maximum absolute atomic E-state index is 11.2. The molecule has 4 nitrogen and oxygen atoms in total. The number of primary amides is 1. The van der Waals surface area contributed by atoms with Gasteiger partial charge in [-0.05, 0) is 42.3 Å². The van der Waals surface area contributed by atoms with Gasteiger partial charge in [0.2, 0.25) is 5.91 Å². The van der Waals surface area contributed by atoms with Crippen LogP contribution >= 0.6 is 0 Å².